The molecule has 0 saturated carbocycles. The van der Waals surface area contributed by atoms with Gasteiger partial charge < -0.3 is 23.1 Å². The lowest BCUT2D eigenvalue weighted by Gasteiger charge is -2.46. The average Bonchev–Trinajstić information content (AvgIpc) is 2.92. The van der Waals surface area contributed by atoms with Crippen molar-refractivity contribution in [1.82, 2.24) is 0 Å². The summed E-state index contributed by atoms with van der Waals surface area (Å²) < 4.78 is 31.8. The minimum Gasteiger partial charge on any atom is -0.462 e. The summed E-state index contributed by atoms with van der Waals surface area (Å²) in [5.74, 6) is 0.0881. The first-order valence-electron chi connectivity index (χ1n) is 17.8. The van der Waals surface area contributed by atoms with Crippen molar-refractivity contribution in [2.75, 3.05) is 7.11 Å². The largest absolute Gasteiger partial charge is 0.462 e. The third-order valence-corrected chi connectivity index (χ3v) is 21.1. The Labute approximate surface area is 282 Å². The lowest BCUT2D eigenvalue weighted by atomic mass is 9.66. The number of cyclic esters (lactones) is 1. The van der Waals surface area contributed by atoms with Gasteiger partial charge in [-0.2, -0.15) is 0 Å². The Morgan fingerprint density at radius 1 is 0.935 bits per heavy atom. The van der Waals surface area contributed by atoms with Gasteiger partial charge in [0.1, 0.15) is 12.2 Å². The first-order chi connectivity index (χ1) is 21.1. The molecule has 0 aromatic heterocycles. The number of esters is 2. The molecule has 1 saturated heterocycles. The zero-order chi connectivity index (χ0) is 34.9. The molecule has 7 nitrogen and oxygen atoms in total. The van der Waals surface area contributed by atoms with Crippen LogP contribution >= 0.6 is 0 Å². The van der Waals surface area contributed by atoms with Gasteiger partial charge in [0.15, 0.2) is 22.2 Å². The second-order valence-corrected chi connectivity index (χ2v) is 26.7. The van der Waals surface area contributed by atoms with Crippen LogP contribution in [0, 0.1) is 17.8 Å². The van der Waals surface area contributed by atoms with Crippen LogP contribution in [-0.2, 0) is 32.7 Å². The molecule has 264 valence electrons. The summed E-state index contributed by atoms with van der Waals surface area (Å²) in [5.41, 5.74) is 0.227. The van der Waals surface area contributed by atoms with Gasteiger partial charge in [0, 0.05) is 25.9 Å². The quantitative estimate of drug-likeness (QED) is 0.150. The minimum atomic E-state index is -2.08. The standard InChI is InChI=1S/C37H66O7Si2/c1-15-37(16-2,40-10)34(39)42-31-23-28(43-45(11,12)35(4,5)6)21-26-18-17-25(3)30(33(26)31)20-19-27-22-29(24-32(38)41-27)44-46(13,14)36(7,8)9/h17-18,21,25,27-31,33H,15-16,19-20,22-24H2,1-14H3/t25-,27+,28+,29+,30-,31-,33-/m0/s1. The summed E-state index contributed by atoms with van der Waals surface area (Å²) >= 11 is 0. The smallest absolute Gasteiger partial charge is 0.338 e. The van der Waals surface area contributed by atoms with Crippen molar-refractivity contribution in [2.45, 2.75) is 174 Å². The molecule has 9 heteroatoms. The van der Waals surface area contributed by atoms with E-state index in [1.54, 1.807) is 7.11 Å². The molecule has 0 N–H and O–H groups in total. The molecule has 0 bridgehead atoms. The number of carbonyl (C=O) groups is 2. The molecule has 0 aromatic rings. The van der Waals surface area contributed by atoms with E-state index in [0.29, 0.717) is 25.7 Å². The maximum absolute atomic E-state index is 13.8. The highest BCUT2D eigenvalue weighted by Crippen LogP contribution is 2.47. The fourth-order valence-corrected chi connectivity index (χ4v) is 9.49. The third kappa shape index (κ3) is 8.84. The van der Waals surface area contributed by atoms with E-state index in [1.807, 2.05) is 13.8 Å². The molecule has 2 aliphatic carbocycles. The fourth-order valence-electron chi connectivity index (χ4n) is 6.85. The Kier molecular flexibility index (Phi) is 12.5. The SMILES string of the molecule is CCC(CC)(OC)C(=O)O[C@H]1C[C@H](O[Si](C)(C)C(C)(C)C)C=C2C=C[C@H](C)[C@H](CC[C@@H]3C[C@@H](O[Si](C)(C)C(C)(C)C)CC(=O)O3)[C@H]21. The summed E-state index contributed by atoms with van der Waals surface area (Å²) in [7, 11) is -2.49. The molecule has 1 aliphatic heterocycles. The Hall–Kier alpha value is -1.27. The van der Waals surface area contributed by atoms with Crippen LogP contribution in [-0.4, -0.2) is 65.7 Å². The maximum Gasteiger partial charge on any atom is 0.338 e. The summed E-state index contributed by atoms with van der Waals surface area (Å²) in [5, 5.41) is 0.138. The van der Waals surface area contributed by atoms with Crippen LogP contribution in [0.15, 0.2) is 23.8 Å². The first kappa shape index (κ1) is 39.2. The van der Waals surface area contributed by atoms with Crippen LogP contribution in [0.5, 0.6) is 0 Å². The molecular weight excluding hydrogens is 613 g/mol. The molecule has 0 aromatic carbocycles. The van der Waals surface area contributed by atoms with Crippen molar-refractivity contribution in [3.8, 4) is 0 Å². The van der Waals surface area contributed by atoms with E-state index in [4.69, 9.17) is 23.1 Å². The van der Waals surface area contributed by atoms with Crippen LogP contribution < -0.4 is 0 Å². The monoisotopic (exact) mass is 678 g/mol. The van der Waals surface area contributed by atoms with Crippen molar-refractivity contribution in [3.05, 3.63) is 23.8 Å². The van der Waals surface area contributed by atoms with Gasteiger partial charge in [-0.25, -0.2) is 4.79 Å². The van der Waals surface area contributed by atoms with Crippen LogP contribution in [0.1, 0.15) is 107 Å². The maximum atomic E-state index is 13.8. The van der Waals surface area contributed by atoms with E-state index >= 15 is 0 Å². The Bertz CT molecular complexity index is 1120. The predicted octanol–water partition coefficient (Wildman–Crippen LogP) is 9.14. The molecule has 3 rings (SSSR count). The van der Waals surface area contributed by atoms with Gasteiger partial charge >= 0.3 is 11.9 Å². The van der Waals surface area contributed by atoms with Gasteiger partial charge in [0.25, 0.3) is 0 Å². The van der Waals surface area contributed by atoms with Crippen LogP contribution in [0.25, 0.3) is 0 Å². The molecule has 0 radical (unpaired) electrons. The number of hydrogen-bond donors (Lipinski definition) is 0. The lowest BCUT2D eigenvalue weighted by Crippen LogP contribution is -2.50. The number of methoxy groups -OCH3 is 1. The first-order valence-corrected chi connectivity index (χ1v) is 23.6. The number of carbonyl (C=O) groups excluding carboxylic acids is 2. The molecule has 1 heterocycles. The van der Waals surface area contributed by atoms with E-state index in [2.05, 4.69) is 92.9 Å². The molecule has 1 fully saturated rings. The molecule has 7 atom stereocenters. The molecular formula is C37H66O7Si2. The summed E-state index contributed by atoms with van der Waals surface area (Å²) in [4.78, 5) is 26.6. The second kappa shape index (κ2) is 14.7. The summed E-state index contributed by atoms with van der Waals surface area (Å²) in [6, 6.07) is 0. The van der Waals surface area contributed by atoms with E-state index in [1.165, 1.54) is 5.57 Å². The van der Waals surface area contributed by atoms with E-state index in [9.17, 15) is 9.59 Å². The number of allylic oxidation sites excluding steroid dienone is 2. The zero-order valence-electron chi connectivity index (χ0n) is 31.6. The Morgan fingerprint density at radius 3 is 2.07 bits per heavy atom. The van der Waals surface area contributed by atoms with Crippen LogP contribution in [0.3, 0.4) is 0 Å². The van der Waals surface area contributed by atoms with Gasteiger partial charge in [-0.3, -0.25) is 4.79 Å². The number of fused-ring (bicyclic) bond motifs is 1. The predicted molar refractivity (Wildman–Crippen MR) is 191 cm³/mol. The topological polar surface area (TPSA) is 80.3 Å². The highest BCUT2D eigenvalue weighted by Gasteiger charge is 2.48. The minimum absolute atomic E-state index is 0.0325. The van der Waals surface area contributed by atoms with Crippen molar-refractivity contribution < 1.29 is 32.7 Å². The van der Waals surface area contributed by atoms with Gasteiger partial charge in [0.05, 0.1) is 18.6 Å². The Balaban J connectivity index is 1.88. The van der Waals surface area contributed by atoms with Gasteiger partial charge in [-0.05, 0) is 79.4 Å². The molecule has 46 heavy (non-hydrogen) atoms. The van der Waals surface area contributed by atoms with Gasteiger partial charge in [-0.15, -0.1) is 0 Å². The van der Waals surface area contributed by atoms with E-state index in [-0.39, 0.29) is 64.2 Å². The highest BCUT2D eigenvalue weighted by molar-refractivity contribution is 6.74. The molecule has 0 spiro atoms. The van der Waals surface area contributed by atoms with Crippen molar-refractivity contribution in [2.24, 2.45) is 17.8 Å². The lowest BCUT2D eigenvalue weighted by molar-refractivity contribution is -0.181. The molecule has 0 amide bonds. The zero-order valence-corrected chi connectivity index (χ0v) is 33.6. The number of rotatable bonds is 12. The number of ether oxygens (including phenoxy) is 3. The highest BCUT2D eigenvalue weighted by atomic mass is 28.4. The summed E-state index contributed by atoms with van der Waals surface area (Å²) in [6.45, 7) is 28.7. The Morgan fingerprint density at radius 2 is 1.52 bits per heavy atom. The van der Waals surface area contributed by atoms with Gasteiger partial charge in [-0.1, -0.05) is 80.5 Å². The van der Waals surface area contributed by atoms with Gasteiger partial charge in [0.2, 0.25) is 0 Å². The van der Waals surface area contributed by atoms with Crippen molar-refractivity contribution in [3.63, 3.8) is 0 Å². The van der Waals surface area contributed by atoms with Crippen LogP contribution in [0.4, 0.5) is 0 Å². The average molecular weight is 679 g/mol. The normalized spacial score (nSPS) is 29.6. The van der Waals surface area contributed by atoms with Crippen molar-refractivity contribution in [1.29, 1.82) is 0 Å². The molecule has 3 aliphatic rings. The fraction of sp³-hybridized carbons (Fsp3) is 0.838. The van der Waals surface area contributed by atoms with E-state index < -0.39 is 22.2 Å². The second-order valence-electron chi connectivity index (χ2n) is 17.2. The number of hydrogen-bond acceptors (Lipinski definition) is 7. The summed E-state index contributed by atoms with van der Waals surface area (Å²) in [6.07, 6.45) is 10.4. The van der Waals surface area contributed by atoms with Crippen LogP contribution in [0.2, 0.25) is 36.3 Å². The van der Waals surface area contributed by atoms with E-state index in [0.717, 1.165) is 19.3 Å². The van der Waals surface area contributed by atoms with Crippen molar-refractivity contribution >= 4 is 28.6 Å². The third-order valence-electron chi connectivity index (χ3n) is 12.1. The molecule has 0 unspecified atom stereocenters.